The number of aromatic nitrogens is 2. The molecule has 1 N–H and O–H groups in total. The number of aryl methyl sites for hydroxylation is 1. The highest BCUT2D eigenvalue weighted by Gasteiger charge is 2.32. The van der Waals surface area contributed by atoms with Gasteiger partial charge in [0.25, 0.3) is 0 Å². The van der Waals surface area contributed by atoms with Gasteiger partial charge in [-0.1, -0.05) is 23.7 Å². The topological polar surface area (TPSA) is 47.3 Å². The summed E-state index contributed by atoms with van der Waals surface area (Å²) in [5.74, 6) is -0.0625. The van der Waals surface area contributed by atoms with E-state index in [0.717, 1.165) is 17.8 Å². The van der Waals surface area contributed by atoms with Crippen LogP contribution < -0.4 is 4.74 Å². The van der Waals surface area contributed by atoms with Gasteiger partial charge in [0.15, 0.2) is 0 Å². The van der Waals surface area contributed by atoms with Crippen molar-refractivity contribution >= 4 is 11.6 Å². The number of hydrogen-bond acceptors (Lipinski definition) is 3. The molecule has 0 saturated heterocycles. The molecule has 0 saturated carbocycles. The van der Waals surface area contributed by atoms with E-state index in [4.69, 9.17) is 16.3 Å². The summed E-state index contributed by atoms with van der Waals surface area (Å²) in [6, 6.07) is 9.26. The van der Waals surface area contributed by atoms with Crippen LogP contribution in [0, 0.1) is 0 Å². The highest BCUT2D eigenvalue weighted by atomic mass is 35.5. The van der Waals surface area contributed by atoms with Gasteiger partial charge in [0.1, 0.15) is 12.4 Å². The van der Waals surface area contributed by atoms with E-state index in [0.29, 0.717) is 5.02 Å². The van der Waals surface area contributed by atoms with E-state index < -0.39 is 11.7 Å². The average molecular weight is 383 g/mol. The summed E-state index contributed by atoms with van der Waals surface area (Å²) in [5.41, 5.74) is 0.447. The van der Waals surface area contributed by atoms with Crippen molar-refractivity contribution in [3.05, 3.63) is 64.9 Å². The molecule has 0 aliphatic rings. The molecule has 8 heteroatoms. The van der Waals surface area contributed by atoms with Crippen molar-refractivity contribution in [2.75, 3.05) is 0 Å². The van der Waals surface area contributed by atoms with Gasteiger partial charge < -0.3 is 14.4 Å². The van der Waals surface area contributed by atoms with Crippen molar-refractivity contribution in [2.24, 2.45) is 7.05 Å². The second-order valence-corrected chi connectivity index (χ2v) is 6.11. The summed E-state index contributed by atoms with van der Waals surface area (Å²) < 4.78 is 45.3. The van der Waals surface area contributed by atoms with E-state index >= 15 is 0 Å². The third-order valence-corrected chi connectivity index (χ3v) is 4.02. The maximum Gasteiger partial charge on any atom is 0.417 e. The molecule has 0 spiro atoms. The predicted octanol–water partition coefficient (Wildman–Crippen LogP) is 5.04. The van der Waals surface area contributed by atoms with E-state index in [1.54, 1.807) is 24.3 Å². The molecular formula is C18H14ClF3N2O2. The number of nitrogens with zero attached hydrogens (tertiary/aromatic N) is 2. The van der Waals surface area contributed by atoms with Crippen LogP contribution in [-0.4, -0.2) is 14.7 Å². The smallest absolute Gasteiger partial charge is 0.417 e. The number of rotatable bonds is 4. The van der Waals surface area contributed by atoms with Crippen LogP contribution in [0.15, 0.2) is 48.8 Å². The molecule has 4 nitrogen and oxygen atoms in total. The van der Waals surface area contributed by atoms with Gasteiger partial charge >= 0.3 is 6.18 Å². The number of benzene rings is 1. The largest absolute Gasteiger partial charge is 0.507 e. The average Bonchev–Trinajstić information content (AvgIpc) is 2.96. The Morgan fingerprint density at radius 2 is 1.88 bits per heavy atom. The molecule has 0 fully saturated rings. The molecule has 26 heavy (non-hydrogen) atoms. The molecular weight excluding hydrogens is 369 g/mol. The Kier molecular flexibility index (Phi) is 4.82. The third kappa shape index (κ3) is 3.94. The van der Waals surface area contributed by atoms with Gasteiger partial charge in [-0.15, -0.1) is 0 Å². The first-order valence-corrected chi connectivity index (χ1v) is 7.92. The van der Waals surface area contributed by atoms with Crippen LogP contribution in [0.4, 0.5) is 13.2 Å². The summed E-state index contributed by atoms with van der Waals surface area (Å²) in [6.07, 6.45) is -2.22. The quantitative estimate of drug-likeness (QED) is 0.687. The molecule has 0 atom stereocenters. The maximum absolute atomic E-state index is 12.8. The van der Waals surface area contributed by atoms with E-state index in [9.17, 15) is 18.3 Å². The molecule has 1 aromatic carbocycles. The van der Waals surface area contributed by atoms with E-state index in [2.05, 4.69) is 4.98 Å². The van der Waals surface area contributed by atoms with Crippen LogP contribution in [0.2, 0.25) is 5.02 Å². The predicted molar refractivity (Wildman–Crippen MR) is 91.1 cm³/mol. The van der Waals surface area contributed by atoms with Crippen LogP contribution in [0.5, 0.6) is 11.6 Å². The second kappa shape index (κ2) is 6.92. The van der Waals surface area contributed by atoms with Crippen molar-refractivity contribution in [2.45, 2.75) is 12.8 Å². The fraction of sp³-hybridized carbons (Fsp3) is 0.167. The fourth-order valence-electron chi connectivity index (χ4n) is 2.43. The molecule has 3 rings (SSSR count). The lowest BCUT2D eigenvalue weighted by atomic mass is 10.1. The number of pyridine rings is 1. The van der Waals surface area contributed by atoms with Gasteiger partial charge in [0.2, 0.25) is 5.88 Å². The number of aromatic hydroxyl groups is 1. The standard InChI is InChI=1S/C18H14ClF3N2O2/c1-24-9-12(18(20,21)22)6-15(24)14-8-23-17(7-16(14)25)26-10-11-2-4-13(19)5-3-11/h2-9H,10H2,1H3,(H,23,25). The molecule has 0 unspecified atom stereocenters. The number of halogens is 4. The van der Waals surface area contributed by atoms with E-state index in [1.165, 1.54) is 23.9 Å². The lowest BCUT2D eigenvalue weighted by Crippen LogP contribution is -2.02. The van der Waals surface area contributed by atoms with E-state index in [1.807, 2.05) is 0 Å². The zero-order chi connectivity index (χ0) is 18.9. The van der Waals surface area contributed by atoms with Crippen LogP contribution in [-0.2, 0) is 19.8 Å². The number of alkyl halides is 3. The lowest BCUT2D eigenvalue weighted by Gasteiger charge is -2.09. The minimum absolute atomic E-state index is 0.159. The Bertz CT molecular complexity index is 921. The molecule has 0 amide bonds. The van der Waals surface area contributed by atoms with Crippen molar-refractivity contribution in [1.29, 1.82) is 0 Å². The highest BCUT2D eigenvalue weighted by Crippen LogP contribution is 2.36. The van der Waals surface area contributed by atoms with Crippen molar-refractivity contribution < 1.29 is 23.0 Å². The molecule has 3 aromatic rings. The van der Waals surface area contributed by atoms with Gasteiger partial charge in [-0.25, -0.2) is 4.98 Å². The normalized spacial score (nSPS) is 11.6. The Balaban J connectivity index is 1.79. The van der Waals surface area contributed by atoms with Crippen LogP contribution in [0.25, 0.3) is 11.3 Å². The summed E-state index contributed by atoms with van der Waals surface area (Å²) in [6.45, 7) is 0.214. The van der Waals surface area contributed by atoms with Gasteiger partial charge in [0, 0.05) is 30.5 Å². The molecule has 0 radical (unpaired) electrons. The Hall–Kier alpha value is -2.67. The second-order valence-electron chi connectivity index (χ2n) is 5.68. The summed E-state index contributed by atoms with van der Waals surface area (Å²) >= 11 is 5.81. The fourth-order valence-corrected chi connectivity index (χ4v) is 2.55. The Morgan fingerprint density at radius 3 is 2.46 bits per heavy atom. The van der Waals surface area contributed by atoms with Crippen LogP contribution in [0.1, 0.15) is 11.1 Å². The van der Waals surface area contributed by atoms with Gasteiger partial charge in [-0.2, -0.15) is 13.2 Å². The van der Waals surface area contributed by atoms with Gasteiger partial charge in [-0.05, 0) is 23.8 Å². The summed E-state index contributed by atoms with van der Waals surface area (Å²) in [7, 11) is 1.47. The minimum Gasteiger partial charge on any atom is -0.507 e. The number of ether oxygens (including phenoxy) is 1. The molecule has 0 bridgehead atoms. The Morgan fingerprint density at radius 1 is 1.19 bits per heavy atom. The monoisotopic (exact) mass is 382 g/mol. The summed E-state index contributed by atoms with van der Waals surface area (Å²) in [4.78, 5) is 4.06. The zero-order valence-electron chi connectivity index (χ0n) is 13.6. The minimum atomic E-state index is -4.46. The Labute approximate surface area is 152 Å². The molecule has 2 aromatic heterocycles. The first-order valence-electron chi connectivity index (χ1n) is 7.54. The van der Waals surface area contributed by atoms with Gasteiger partial charge in [0.05, 0.1) is 16.8 Å². The van der Waals surface area contributed by atoms with Gasteiger partial charge in [-0.3, -0.25) is 0 Å². The summed E-state index contributed by atoms with van der Waals surface area (Å²) in [5, 5.41) is 10.8. The number of hydrogen-bond donors (Lipinski definition) is 1. The molecule has 136 valence electrons. The molecule has 0 aliphatic carbocycles. The van der Waals surface area contributed by atoms with Crippen LogP contribution >= 0.6 is 11.6 Å². The van der Waals surface area contributed by atoms with Crippen molar-refractivity contribution in [3.8, 4) is 22.9 Å². The molecule has 0 aliphatic heterocycles. The van der Waals surface area contributed by atoms with Crippen molar-refractivity contribution in [3.63, 3.8) is 0 Å². The van der Waals surface area contributed by atoms with Crippen molar-refractivity contribution in [1.82, 2.24) is 9.55 Å². The van der Waals surface area contributed by atoms with E-state index in [-0.39, 0.29) is 29.5 Å². The first-order chi connectivity index (χ1) is 12.2. The zero-order valence-corrected chi connectivity index (χ0v) is 14.3. The SMILES string of the molecule is Cn1cc(C(F)(F)F)cc1-c1cnc(OCc2ccc(Cl)cc2)cc1O. The molecule has 2 heterocycles. The maximum atomic E-state index is 12.8. The first kappa shape index (κ1) is 18.1. The highest BCUT2D eigenvalue weighted by molar-refractivity contribution is 6.30. The lowest BCUT2D eigenvalue weighted by molar-refractivity contribution is -0.137. The van der Waals surface area contributed by atoms with Crippen LogP contribution in [0.3, 0.4) is 0 Å². The third-order valence-electron chi connectivity index (χ3n) is 3.77.